The fraction of sp³-hybridized carbons (Fsp3) is 0.579. The molecule has 0 N–H and O–H groups in total. The van der Waals surface area contributed by atoms with Crippen LogP contribution in [0.1, 0.15) is 25.3 Å². The van der Waals surface area contributed by atoms with Gasteiger partial charge >= 0.3 is 0 Å². The number of benzene rings is 1. The van der Waals surface area contributed by atoms with Crippen molar-refractivity contribution < 1.29 is 9.59 Å². The van der Waals surface area contributed by atoms with E-state index < -0.39 is 0 Å². The summed E-state index contributed by atoms with van der Waals surface area (Å²) in [5.74, 6) is 0.126. The summed E-state index contributed by atoms with van der Waals surface area (Å²) in [5, 5.41) is 0. The zero-order valence-electron chi connectivity index (χ0n) is 14.7. The van der Waals surface area contributed by atoms with E-state index in [4.69, 9.17) is 0 Å². The predicted octanol–water partition coefficient (Wildman–Crippen LogP) is 1.90. The number of rotatable bonds is 3. The Kier molecular flexibility index (Phi) is 5.07. The molecule has 130 valence electrons. The van der Waals surface area contributed by atoms with Crippen molar-refractivity contribution in [3.8, 4) is 0 Å². The summed E-state index contributed by atoms with van der Waals surface area (Å²) in [6.45, 7) is 8.75. The van der Waals surface area contributed by atoms with Crippen LogP contribution in [-0.2, 0) is 9.59 Å². The molecular formula is C19H27N3O2. The molecule has 2 aliphatic rings. The van der Waals surface area contributed by atoms with Gasteiger partial charge in [-0.05, 0) is 31.9 Å². The Labute approximate surface area is 144 Å². The zero-order chi connectivity index (χ0) is 17.1. The van der Waals surface area contributed by atoms with Gasteiger partial charge in [-0.1, -0.05) is 18.2 Å². The molecule has 0 aromatic heterocycles. The fourth-order valence-electron chi connectivity index (χ4n) is 3.80. The lowest BCUT2D eigenvalue weighted by Gasteiger charge is -2.26. The van der Waals surface area contributed by atoms with Crippen LogP contribution in [0.3, 0.4) is 0 Å². The van der Waals surface area contributed by atoms with Crippen LogP contribution in [0.25, 0.3) is 0 Å². The molecule has 24 heavy (non-hydrogen) atoms. The van der Waals surface area contributed by atoms with Crippen LogP contribution in [-0.4, -0.2) is 60.9 Å². The molecule has 0 bridgehead atoms. The minimum atomic E-state index is -0.150. The van der Waals surface area contributed by atoms with Crippen molar-refractivity contribution in [2.24, 2.45) is 5.92 Å². The number of carbonyl (C=O) groups excluding carboxylic acids is 2. The minimum absolute atomic E-state index is 0.118. The molecular weight excluding hydrogens is 302 g/mol. The third kappa shape index (κ3) is 3.40. The SMILES string of the molecule is CCN1C[C@@H](C(=O)N2CCCN(c3ccccc3C)CC2)CC1=O. The Balaban J connectivity index is 1.62. The van der Waals surface area contributed by atoms with Gasteiger partial charge in [-0.15, -0.1) is 0 Å². The first-order valence-electron chi connectivity index (χ1n) is 8.97. The highest BCUT2D eigenvalue weighted by Gasteiger charge is 2.36. The quantitative estimate of drug-likeness (QED) is 0.851. The Morgan fingerprint density at radius 2 is 1.96 bits per heavy atom. The van der Waals surface area contributed by atoms with Gasteiger partial charge in [-0.3, -0.25) is 9.59 Å². The number of hydrogen-bond donors (Lipinski definition) is 0. The molecule has 1 aromatic rings. The Morgan fingerprint density at radius 3 is 2.67 bits per heavy atom. The summed E-state index contributed by atoms with van der Waals surface area (Å²) in [4.78, 5) is 30.8. The van der Waals surface area contributed by atoms with E-state index >= 15 is 0 Å². The van der Waals surface area contributed by atoms with E-state index in [9.17, 15) is 9.59 Å². The largest absolute Gasteiger partial charge is 0.369 e. The van der Waals surface area contributed by atoms with Gasteiger partial charge in [0.15, 0.2) is 0 Å². The van der Waals surface area contributed by atoms with Crippen molar-refractivity contribution >= 4 is 17.5 Å². The third-order valence-electron chi connectivity index (χ3n) is 5.21. The van der Waals surface area contributed by atoms with Gasteiger partial charge < -0.3 is 14.7 Å². The first-order valence-corrected chi connectivity index (χ1v) is 8.97. The zero-order valence-corrected chi connectivity index (χ0v) is 14.7. The van der Waals surface area contributed by atoms with E-state index in [2.05, 4.69) is 36.1 Å². The number of aryl methyl sites for hydroxylation is 1. The lowest BCUT2D eigenvalue weighted by Crippen LogP contribution is -2.40. The van der Waals surface area contributed by atoms with Crippen LogP contribution < -0.4 is 4.90 Å². The van der Waals surface area contributed by atoms with Crippen molar-refractivity contribution in [2.45, 2.75) is 26.7 Å². The van der Waals surface area contributed by atoms with Gasteiger partial charge in [0, 0.05) is 51.4 Å². The van der Waals surface area contributed by atoms with E-state index in [1.165, 1.54) is 11.3 Å². The number of amides is 2. The van der Waals surface area contributed by atoms with E-state index in [1.54, 1.807) is 4.90 Å². The second-order valence-electron chi connectivity index (χ2n) is 6.79. The minimum Gasteiger partial charge on any atom is -0.369 e. The van der Waals surface area contributed by atoms with E-state index in [-0.39, 0.29) is 17.7 Å². The average Bonchev–Trinajstić information content (AvgIpc) is 2.80. The molecule has 2 aliphatic heterocycles. The molecule has 5 heteroatoms. The maximum absolute atomic E-state index is 12.8. The second kappa shape index (κ2) is 7.24. The average molecular weight is 329 g/mol. The molecule has 2 fully saturated rings. The molecule has 2 saturated heterocycles. The van der Waals surface area contributed by atoms with Crippen molar-refractivity contribution in [1.82, 2.24) is 9.80 Å². The fourth-order valence-corrected chi connectivity index (χ4v) is 3.80. The number of nitrogens with zero attached hydrogens (tertiary/aromatic N) is 3. The molecule has 2 heterocycles. The van der Waals surface area contributed by atoms with Crippen LogP contribution in [0.4, 0.5) is 5.69 Å². The Bertz CT molecular complexity index is 616. The van der Waals surface area contributed by atoms with Crippen LogP contribution in [0.2, 0.25) is 0 Å². The summed E-state index contributed by atoms with van der Waals surface area (Å²) < 4.78 is 0. The summed E-state index contributed by atoms with van der Waals surface area (Å²) in [6.07, 6.45) is 1.35. The molecule has 1 aromatic carbocycles. The van der Waals surface area contributed by atoms with Gasteiger partial charge in [0.2, 0.25) is 11.8 Å². The van der Waals surface area contributed by atoms with Crippen LogP contribution in [0, 0.1) is 12.8 Å². The molecule has 0 spiro atoms. The first-order chi connectivity index (χ1) is 11.6. The normalized spacial score (nSPS) is 22.0. The van der Waals surface area contributed by atoms with Crippen LogP contribution >= 0.6 is 0 Å². The molecule has 0 radical (unpaired) electrons. The maximum Gasteiger partial charge on any atom is 0.228 e. The molecule has 0 aliphatic carbocycles. The van der Waals surface area contributed by atoms with E-state index in [0.717, 1.165) is 32.6 Å². The van der Waals surface area contributed by atoms with Gasteiger partial charge in [0.05, 0.1) is 5.92 Å². The number of carbonyl (C=O) groups is 2. The van der Waals surface area contributed by atoms with Gasteiger partial charge in [0.1, 0.15) is 0 Å². The van der Waals surface area contributed by atoms with Crippen molar-refractivity contribution in [3.63, 3.8) is 0 Å². The molecule has 0 unspecified atom stereocenters. The molecule has 1 atom stereocenters. The number of para-hydroxylation sites is 1. The number of hydrogen-bond acceptors (Lipinski definition) is 3. The lowest BCUT2D eigenvalue weighted by atomic mass is 10.1. The van der Waals surface area contributed by atoms with Gasteiger partial charge in [-0.2, -0.15) is 0 Å². The summed E-state index contributed by atoms with van der Waals surface area (Å²) in [6, 6.07) is 8.41. The lowest BCUT2D eigenvalue weighted by molar-refractivity contribution is -0.135. The summed E-state index contributed by atoms with van der Waals surface area (Å²) in [7, 11) is 0. The molecule has 3 rings (SSSR count). The Hall–Kier alpha value is -2.04. The standard InChI is InChI=1S/C19H27N3O2/c1-3-20-14-16(13-18(20)23)19(24)22-10-6-9-21(11-12-22)17-8-5-4-7-15(17)2/h4-5,7-8,16H,3,6,9-14H2,1-2H3/t16-/m0/s1. The first kappa shape index (κ1) is 16.8. The Morgan fingerprint density at radius 1 is 1.17 bits per heavy atom. The van der Waals surface area contributed by atoms with Gasteiger partial charge in [-0.25, -0.2) is 0 Å². The van der Waals surface area contributed by atoms with Crippen LogP contribution in [0.15, 0.2) is 24.3 Å². The molecule has 5 nitrogen and oxygen atoms in total. The monoisotopic (exact) mass is 329 g/mol. The molecule has 2 amide bonds. The third-order valence-corrected chi connectivity index (χ3v) is 5.21. The highest BCUT2D eigenvalue weighted by Crippen LogP contribution is 2.23. The molecule has 0 saturated carbocycles. The van der Waals surface area contributed by atoms with E-state index in [0.29, 0.717) is 19.5 Å². The highest BCUT2D eigenvalue weighted by atomic mass is 16.2. The number of anilines is 1. The van der Waals surface area contributed by atoms with Crippen molar-refractivity contribution in [1.29, 1.82) is 0 Å². The number of likely N-dealkylation sites (tertiary alicyclic amines) is 1. The topological polar surface area (TPSA) is 43.9 Å². The van der Waals surface area contributed by atoms with E-state index in [1.807, 2.05) is 11.8 Å². The highest BCUT2D eigenvalue weighted by molar-refractivity contribution is 5.89. The maximum atomic E-state index is 12.8. The smallest absolute Gasteiger partial charge is 0.228 e. The van der Waals surface area contributed by atoms with Crippen molar-refractivity contribution in [2.75, 3.05) is 44.2 Å². The second-order valence-corrected chi connectivity index (χ2v) is 6.79. The predicted molar refractivity (Wildman–Crippen MR) is 95.0 cm³/mol. The van der Waals surface area contributed by atoms with Crippen LogP contribution in [0.5, 0.6) is 0 Å². The van der Waals surface area contributed by atoms with Crippen molar-refractivity contribution in [3.05, 3.63) is 29.8 Å². The van der Waals surface area contributed by atoms with Gasteiger partial charge in [0.25, 0.3) is 0 Å². The summed E-state index contributed by atoms with van der Waals surface area (Å²) in [5.41, 5.74) is 2.54. The summed E-state index contributed by atoms with van der Waals surface area (Å²) >= 11 is 0.